The lowest BCUT2D eigenvalue weighted by Crippen LogP contribution is -2.25. The molecule has 0 amide bonds. The molecule has 2 aromatic heterocycles. The Labute approximate surface area is 393 Å². The van der Waals surface area contributed by atoms with Gasteiger partial charge in [-0.1, -0.05) is 212 Å². The molecule has 12 aromatic rings. The third-order valence-electron chi connectivity index (χ3n) is 14.2. The van der Waals surface area contributed by atoms with Crippen LogP contribution in [0.3, 0.4) is 0 Å². The molecule has 0 atom stereocenters. The number of rotatable bonds is 6. The Balaban J connectivity index is 0.860. The van der Waals surface area contributed by atoms with Crippen molar-refractivity contribution in [3.8, 4) is 89.8 Å². The molecule has 316 valence electrons. The summed E-state index contributed by atoms with van der Waals surface area (Å²) in [5.41, 5.74) is 21.4. The van der Waals surface area contributed by atoms with E-state index in [4.69, 9.17) is 19.4 Å². The van der Waals surface area contributed by atoms with Gasteiger partial charge in [0.15, 0.2) is 17.5 Å². The molecule has 0 bridgehead atoms. The summed E-state index contributed by atoms with van der Waals surface area (Å²) in [6, 6.07) is 84.5. The summed E-state index contributed by atoms with van der Waals surface area (Å²) >= 11 is 0. The van der Waals surface area contributed by atoms with Crippen molar-refractivity contribution in [2.45, 2.75) is 5.41 Å². The lowest BCUT2D eigenvalue weighted by atomic mass is 9.70. The number of hydrogen-bond acceptors (Lipinski definition) is 4. The fourth-order valence-electron chi connectivity index (χ4n) is 11.2. The fourth-order valence-corrected chi connectivity index (χ4v) is 11.2. The van der Waals surface area contributed by atoms with Crippen LogP contribution in [-0.4, -0.2) is 15.0 Å². The lowest BCUT2D eigenvalue weighted by molar-refractivity contribution is 0.669. The Bertz CT molecular complexity index is 3920. The Morgan fingerprint density at radius 1 is 0.265 bits per heavy atom. The Hall–Kier alpha value is -8.99. The topological polar surface area (TPSA) is 51.8 Å². The monoisotopic (exact) mass is 865 g/mol. The molecule has 2 heterocycles. The zero-order chi connectivity index (χ0) is 44.8. The number of fused-ring (bicyclic) bond motifs is 13. The van der Waals surface area contributed by atoms with Gasteiger partial charge in [0.05, 0.1) is 5.41 Å². The number of aromatic nitrogens is 3. The van der Waals surface area contributed by atoms with Gasteiger partial charge in [0.2, 0.25) is 0 Å². The van der Waals surface area contributed by atoms with Gasteiger partial charge in [-0.15, -0.1) is 0 Å². The summed E-state index contributed by atoms with van der Waals surface area (Å²) < 4.78 is 6.55. The number of furan rings is 1. The molecule has 2 aliphatic rings. The van der Waals surface area contributed by atoms with Gasteiger partial charge in [-0.3, -0.25) is 0 Å². The van der Waals surface area contributed by atoms with Crippen LogP contribution < -0.4 is 0 Å². The molecule has 0 saturated heterocycles. The smallest absolute Gasteiger partial charge is 0.164 e. The molecule has 0 saturated carbocycles. The van der Waals surface area contributed by atoms with Crippen LogP contribution in [0.1, 0.15) is 22.3 Å². The summed E-state index contributed by atoms with van der Waals surface area (Å²) in [6.45, 7) is 0. The molecule has 0 N–H and O–H groups in total. The lowest BCUT2D eigenvalue weighted by Gasteiger charge is -2.30. The van der Waals surface area contributed by atoms with E-state index in [0.29, 0.717) is 17.5 Å². The SMILES string of the molecule is c1ccc(-c2nc(-c3ccccc3-c3ccccc3)nc(-c3cccc4oc5ccc(-c6ccc(-c7ccc8c(c7)-c7ccccc7C87c8ccccc8-c8ccccc87)cc6)cc5c34)n2)cc1. The quantitative estimate of drug-likeness (QED) is 0.167. The molecule has 4 nitrogen and oxygen atoms in total. The molecule has 0 fully saturated rings. The summed E-state index contributed by atoms with van der Waals surface area (Å²) in [5.74, 6) is 1.81. The predicted molar refractivity (Wildman–Crippen MR) is 276 cm³/mol. The van der Waals surface area contributed by atoms with Crippen LogP contribution in [0.15, 0.2) is 241 Å². The zero-order valence-electron chi connectivity index (χ0n) is 36.8. The van der Waals surface area contributed by atoms with Gasteiger partial charge in [0.1, 0.15) is 11.2 Å². The molecular formula is C64H39N3O. The Morgan fingerprint density at radius 3 is 1.37 bits per heavy atom. The minimum absolute atomic E-state index is 0.346. The van der Waals surface area contributed by atoms with E-state index in [2.05, 4.69) is 182 Å². The van der Waals surface area contributed by atoms with Crippen LogP contribution in [0.2, 0.25) is 0 Å². The van der Waals surface area contributed by atoms with Crippen LogP contribution >= 0.6 is 0 Å². The maximum Gasteiger partial charge on any atom is 0.164 e. The van der Waals surface area contributed by atoms with E-state index >= 15 is 0 Å². The van der Waals surface area contributed by atoms with E-state index in [-0.39, 0.29) is 5.41 Å². The maximum atomic E-state index is 6.55. The van der Waals surface area contributed by atoms with Crippen LogP contribution in [-0.2, 0) is 5.41 Å². The normalized spacial score (nSPS) is 12.8. The van der Waals surface area contributed by atoms with Crippen molar-refractivity contribution in [3.63, 3.8) is 0 Å². The summed E-state index contributed by atoms with van der Waals surface area (Å²) in [4.78, 5) is 15.5. The first-order chi connectivity index (χ1) is 33.7. The molecular weight excluding hydrogens is 827 g/mol. The van der Waals surface area contributed by atoms with E-state index in [0.717, 1.165) is 60.9 Å². The molecule has 0 aliphatic heterocycles. The van der Waals surface area contributed by atoms with Gasteiger partial charge in [-0.25, -0.2) is 15.0 Å². The van der Waals surface area contributed by atoms with Crippen LogP contribution in [0.5, 0.6) is 0 Å². The van der Waals surface area contributed by atoms with Gasteiger partial charge >= 0.3 is 0 Å². The summed E-state index contributed by atoms with van der Waals surface area (Å²) in [5, 5.41) is 1.98. The molecule has 0 radical (unpaired) electrons. The van der Waals surface area contributed by atoms with Crippen molar-refractivity contribution in [1.82, 2.24) is 15.0 Å². The molecule has 4 heteroatoms. The highest BCUT2D eigenvalue weighted by Crippen LogP contribution is 2.63. The fraction of sp³-hybridized carbons (Fsp3) is 0.0156. The molecule has 68 heavy (non-hydrogen) atoms. The molecule has 14 rings (SSSR count). The first-order valence-corrected chi connectivity index (χ1v) is 23.2. The van der Waals surface area contributed by atoms with Crippen molar-refractivity contribution in [3.05, 3.63) is 259 Å². The Morgan fingerprint density at radius 2 is 0.721 bits per heavy atom. The van der Waals surface area contributed by atoms with Gasteiger partial charge in [-0.05, 0) is 102 Å². The highest BCUT2D eigenvalue weighted by atomic mass is 16.3. The second-order valence-electron chi connectivity index (χ2n) is 17.8. The van der Waals surface area contributed by atoms with Crippen molar-refractivity contribution in [2.75, 3.05) is 0 Å². The standard InChI is InChI=1S/C64H39N3O/c1-3-16-42(17-4-1)46-20-7-8-24-50(46)62-65-61(43-18-5-2-6-19-43)66-63(67-62)51-25-15-29-59-60(51)53-39-45(35-37-58(53)68-59)41-32-30-40(31-33-41)44-34-36-57-52(38-44)49-23-11-14-28-56(49)64(57)54-26-12-9-21-47(54)48-22-10-13-27-55(48)64/h1-39H. The van der Waals surface area contributed by atoms with E-state index < -0.39 is 0 Å². The average Bonchev–Trinajstić information content (AvgIpc) is 4.05. The van der Waals surface area contributed by atoms with Crippen molar-refractivity contribution in [2.24, 2.45) is 0 Å². The minimum Gasteiger partial charge on any atom is -0.456 e. The van der Waals surface area contributed by atoms with Crippen LogP contribution in [0, 0.1) is 0 Å². The predicted octanol–water partition coefficient (Wildman–Crippen LogP) is 16.1. The second kappa shape index (κ2) is 15.0. The van der Waals surface area contributed by atoms with Crippen LogP contribution in [0.4, 0.5) is 0 Å². The van der Waals surface area contributed by atoms with E-state index in [1.54, 1.807) is 0 Å². The van der Waals surface area contributed by atoms with E-state index in [9.17, 15) is 0 Å². The maximum absolute atomic E-state index is 6.55. The van der Waals surface area contributed by atoms with Crippen LogP contribution in [0.25, 0.3) is 112 Å². The summed E-state index contributed by atoms with van der Waals surface area (Å²) in [7, 11) is 0. The summed E-state index contributed by atoms with van der Waals surface area (Å²) in [6.07, 6.45) is 0. The van der Waals surface area contributed by atoms with E-state index in [1.807, 2.05) is 54.6 Å². The van der Waals surface area contributed by atoms with E-state index in [1.165, 1.54) is 55.6 Å². The third kappa shape index (κ3) is 5.71. The van der Waals surface area contributed by atoms with Gasteiger partial charge in [-0.2, -0.15) is 0 Å². The van der Waals surface area contributed by atoms with Gasteiger partial charge in [0.25, 0.3) is 0 Å². The number of benzene rings is 10. The largest absolute Gasteiger partial charge is 0.456 e. The zero-order valence-corrected chi connectivity index (χ0v) is 36.8. The van der Waals surface area contributed by atoms with Crippen molar-refractivity contribution >= 4 is 21.9 Å². The van der Waals surface area contributed by atoms with Crippen molar-refractivity contribution < 1.29 is 4.42 Å². The number of nitrogens with zero attached hydrogens (tertiary/aromatic N) is 3. The molecule has 1 spiro atoms. The van der Waals surface area contributed by atoms with Crippen molar-refractivity contribution in [1.29, 1.82) is 0 Å². The first-order valence-electron chi connectivity index (χ1n) is 23.2. The molecule has 0 unspecified atom stereocenters. The second-order valence-corrected chi connectivity index (χ2v) is 17.8. The highest BCUT2D eigenvalue weighted by molar-refractivity contribution is 6.13. The molecule has 10 aromatic carbocycles. The minimum atomic E-state index is -0.346. The third-order valence-corrected chi connectivity index (χ3v) is 14.2. The van der Waals surface area contributed by atoms with Gasteiger partial charge < -0.3 is 4.42 Å². The van der Waals surface area contributed by atoms with Gasteiger partial charge in [0, 0.05) is 27.5 Å². The number of hydrogen-bond donors (Lipinski definition) is 0. The average molecular weight is 866 g/mol. The highest BCUT2D eigenvalue weighted by Gasteiger charge is 2.51. The first kappa shape index (κ1) is 38.3. The molecule has 2 aliphatic carbocycles. The Kier molecular flexibility index (Phi) is 8.46.